The van der Waals surface area contributed by atoms with E-state index < -0.39 is 17.6 Å². The van der Waals surface area contributed by atoms with Crippen LogP contribution in [0.1, 0.15) is 18.2 Å². The van der Waals surface area contributed by atoms with Crippen molar-refractivity contribution >= 4 is 39.8 Å². The van der Waals surface area contributed by atoms with Gasteiger partial charge < -0.3 is 24.8 Å². The first kappa shape index (κ1) is 28.5. The van der Waals surface area contributed by atoms with E-state index in [9.17, 15) is 13.6 Å². The van der Waals surface area contributed by atoms with Crippen molar-refractivity contribution in [3.8, 4) is 12.1 Å². The molecule has 0 atom stereocenters. The van der Waals surface area contributed by atoms with Crippen LogP contribution in [0.15, 0.2) is 42.7 Å². The summed E-state index contributed by atoms with van der Waals surface area (Å²) in [6.07, 6.45) is 0.671. The van der Waals surface area contributed by atoms with E-state index in [0.717, 1.165) is 41.2 Å². The average Bonchev–Trinajstić information content (AvgIpc) is 2.96. The zero-order chi connectivity index (χ0) is 29.1. The molecule has 0 aliphatic carbocycles. The Morgan fingerprint density at radius 1 is 1.15 bits per heavy atom. The lowest BCUT2D eigenvalue weighted by Crippen LogP contribution is -2.51. The Kier molecular flexibility index (Phi) is 8.52. The molecule has 3 aliphatic rings. The van der Waals surface area contributed by atoms with E-state index in [4.69, 9.17) is 31.6 Å². The van der Waals surface area contributed by atoms with Gasteiger partial charge in [0.15, 0.2) is 5.83 Å². The van der Waals surface area contributed by atoms with Gasteiger partial charge in [0.05, 0.1) is 23.3 Å². The van der Waals surface area contributed by atoms with Gasteiger partial charge in [-0.05, 0) is 23.9 Å². The molecule has 0 unspecified atom stereocenters. The maximum absolute atomic E-state index is 14.4. The zero-order valence-corrected chi connectivity index (χ0v) is 23.4. The number of nitriles is 1. The van der Waals surface area contributed by atoms with Crippen LogP contribution in [0, 0.1) is 17.1 Å². The summed E-state index contributed by atoms with van der Waals surface area (Å²) in [6, 6.07) is 11.0. The Morgan fingerprint density at radius 3 is 2.54 bits per heavy atom. The number of anilines is 2. The predicted octanol–water partition coefficient (Wildman–Crippen LogP) is 4.00. The van der Waals surface area contributed by atoms with Crippen molar-refractivity contribution in [3.63, 3.8) is 0 Å². The molecule has 12 heteroatoms. The average molecular weight is 582 g/mol. The van der Waals surface area contributed by atoms with Gasteiger partial charge in [0.1, 0.15) is 17.7 Å². The summed E-state index contributed by atoms with van der Waals surface area (Å²) in [7, 11) is 0. The summed E-state index contributed by atoms with van der Waals surface area (Å²) in [6.45, 7) is 8.94. The smallest absolute Gasteiger partial charge is 0.319 e. The fourth-order valence-electron chi connectivity index (χ4n) is 5.25. The highest BCUT2D eigenvalue weighted by Crippen LogP contribution is 2.38. The Bertz CT molecular complexity index is 1520. The first-order valence-electron chi connectivity index (χ1n) is 13.4. The minimum Gasteiger partial charge on any atom is -0.457 e. The van der Waals surface area contributed by atoms with Gasteiger partial charge in [0.25, 0.3) is 5.91 Å². The molecule has 214 valence electrons. The van der Waals surface area contributed by atoms with Gasteiger partial charge >= 0.3 is 6.01 Å². The maximum atomic E-state index is 14.4. The number of carbonyl (C=O) groups excluding carboxylic acids is 1. The van der Waals surface area contributed by atoms with Crippen LogP contribution in [0.3, 0.4) is 0 Å². The number of halogens is 3. The van der Waals surface area contributed by atoms with Crippen molar-refractivity contribution in [2.24, 2.45) is 0 Å². The van der Waals surface area contributed by atoms with Gasteiger partial charge in [-0.25, -0.2) is 8.78 Å². The Balaban J connectivity index is 0.00000108. The number of ether oxygens (including phenoxy) is 1. The molecule has 4 heterocycles. The lowest BCUT2D eigenvalue weighted by molar-refractivity contribution is -0.128. The number of rotatable bonds is 5. The third-order valence-electron chi connectivity index (χ3n) is 7.39. The largest absolute Gasteiger partial charge is 0.457 e. The molecule has 9 nitrogen and oxygen atoms in total. The quantitative estimate of drug-likeness (QED) is 0.452. The molecule has 3 aliphatic heterocycles. The molecule has 1 aromatic heterocycles. The fraction of sp³-hybridized carbons (Fsp3) is 0.379. The Morgan fingerprint density at radius 2 is 1.88 bits per heavy atom. The number of piperazine rings is 1. The first-order chi connectivity index (χ1) is 19.8. The number of amides is 1. The van der Waals surface area contributed by atoms with Crippen LogP contribution in [-0.2, 0) is 17.8 Å². The number of hydrogen-bond donors (Lipinski definition) is 1. The van der Waals surface area contributed by atoms with Gasteiger partial charge in [-0.3, -0.25) is 4.79 Å². The second-order valence-electron chi connectivity index (χ2n) is 9.97. The summed E-state index contributed by atoms with van der Waals surface area (Å²) >= 11 is 6.42. The van der Waals surface area contributed by atoms with E-state index in [1.165, 1.54) is 17.9 Å². The van der Waals surface area contributed by atoms with E-state index in [1.807, 2.05) is 18.2 Å². The standard InChI is InChI=1S/C27H27ClF2N6O2.C2H3N/c1-16(29)26(37)35-11-9-34(10-12-35)25-19-7-8-36(15-21(19)32-27(33-25)38-18-13-31-14-18)22-4-2-3-17-5-6-20(30)24(28)23(17)22;1-2-3/h2-6,18,31H,1,7-15H2;1H3. The van der Waals surface area contributed by atoms with Crippen molar-refractivity contribution in [2.45, 2.75) is 26.0 Å². The summed E-state index contributed by atoms with van der Waals surface area (Å²) in [5, 5.41) is 12.2. The van der Waals surface area contributed by atoms with Crippen LogP contribution in [0.4, 0.5) is 20.3 Å². The van der Waals surface area contributed by atoms with Crippen LogP contribution in [0.25, 0.3) is 10.8 Å². The molecule has 0 saturated carbocycles. The normalized spacial score (nSPS) is 16.7. The minimum atomic E-state index is -0.948. The number of nitrogens with one attached hydrogen (secondary N) is 1. The molecule has 2 fully saturated rings. The minimum absolute atomic E-state index is 0.00507. The summed E-state index contributed by atoms with van der Waals surface area (Å²) in [5.41, 5.74) is 2.71. The lowest BCUT2D eigenvalue weighted by Gasteiger charge is -2.38. The number of fused-ring (bicyclic) bond motifs is 2. The van der Waals surface area contributed by atoms with E-state index >= 15 is 0 Å². The molecule has 3 aromatic rings. The van der Waals surface area contributed by atoms with Crippen molar-refractivity contribution in [1.82, 2.24) is 20.2 Å². The molecule has 1 amide bonds. The van der Waals surface area contributed by atoms with Crippen LogP contribution in [0.5, 0.6) is 6.01 Å². The van der Waals surface area contributed by atoms with Crippen molar-refractivity contribution < 1.29 is 18.3 Å². The monoisotopic (exact) mass is 581 g/mol. The lowest BCUT2D eigenvalue weighted by atomic mass is 10.0. The SMILES string of the molecule is C=C(F)C(=O)N1CCN(c2nc(OC3CNC3)nc3c2CCN(c2cccc4ccc(F)c(Cl)c24)C3)CC1.CC#N. The van der Waals surface area contributed by atoms with E-state index in [-0.39, 0.29) is 11.1 Å². The molecule has 0 bridgehead atoms. The molecule has 2 aromatic carbocycles. The molecule has 0 spiro atoms. The van der Waals surface area contributed by atoms with Crippen molar-refractivity contribution in [2.75, 3.05) is 55.6 Å². The van der Waals surface area contributed by atoms with Gasteiger partial charge in [-0.1, -0.05) is 36.4 Å². The number of aromatic nitrogens is 2. The van der Waals surface area contributed by atoms with Crippen LogP contribution < -0.4 is 19.9 Å². The fourth-order valence-corrected chi connectivity index (χ4v) is 5.52. The van der Waals surface area contributed by atoms with Gasteiger partial charge in [-0.15, -0.1) is 0 Å². The van der Waals surface area contributed by atoms with Gasteiger partial charge in [0.2, 0.25) is 0 Å². The summed E-state index contributed by atoms with van der Waals surface area (Å²) < 4.78 is 33.8. The molecular weight excluding hydrogens is 552 g/mol. The second-order valence-corrected chi connectivity index (χ2v) is 10.3. The molecule has 1 N–H and O–H groups in total. The highest BCUT2D eigenvalue weighted by Gasteiger charge is 2.31. The number of hydrogen-bond acceptors (Lipinski definition) is 8. The van der Waals surface area contributed by atoms with Crippen LogP contribution in [-0.4, -0.2) is 72.7 Å². The van der Waals surface area contributed by atoms with Gasteiger partial charge in [-0.2, -0.15) is 15.2 Å². The van der Waals surface area contributed by atoms with Crippen LogP contribution >= 0.6 is 11.6 Å². The second kappa shape index (κ2) is 12.2. The summed E-state index contributed by atoms with van der Waals surface area (Å²) in [4.78, 5) is 27.4. The molecule has 6 rings (SSSR count). The van der Waals surface area contributed by atoms with Gasteiger partial charge in [0, 0.05) is 69.4 Å². The summed E-state index contributed by atoms with van der Waals surface area (Å²) in [5.74, 6) is -1.29. The maximum Gasteiger partial charge on any atom is 0.319 e. The zero-order valence-electron chi connectivity index (χ0n) is 22.7. The van der Waals surface area contributed by atoms with Crippen molar-refractivity contribution in [3.05, 3.63) is 64.8 Å². The highest BCUT2D eigenvalue weighted by atomic mass is 35.5. The third-order valence-corrected chi connectivity index (χ3v) is 7.76. The molecule has 0 radical (unpaired) electrons. The molecule has 2 saturated heterocycles. The van der Waals surface area contributed by atoms with E-state index in [0.29, 0.717) is 57.1 Å². The first-order valence-corrected chi connectivity index (χ1v) is 13.8. The predicted molar refractivity (Wildman–Crippen MR) is 153 cm³/mol. The third kappa shape index (κ3) is 5.89. The molecular formula is C29H30ClF2N7O2. The Hall–Kier alpha value is -4.01. The number of benzene rings is 2. The topological polar surface area (TPSA) is 97.6 Å². The molecule has 41 heavy (non-hydrogen) atoms. The van der Waals surface area contributed by atoms with Crippen molar-refractivity contribution in [1.29, 1.82) is 5.26 Å². The number of nitrogens with zero attached hydrogens (tertiary/aromatic N) is 6. The van der Waals surface area contributed by atoms with Crippen LogP contribution in [0.2, 0.25) is 5.02 Å². The Labute approximate surface area is 242 Å². The highest BCUT2D eigenvalue weighted by molar-refractivity contribution is 6.36. The van der Waals surface area contributed by atoms with E-state index in [2.05, 4.69) is 21.7 Å². The number of carbonyl (C=O) groups is 1. The van der Waals surface area contributed by atoms with E-state index in [1.54, 1.807) is 12.1 Å².